The average Bonchev–Trinajstić information content (AvgIpc) is 1.98. The molecule has 0 spiro atoms. The molecule has 0 aliphatic heterocycles. The summed E-state index contributed by atoms with van der Waals surface area (Å²) in [5.41, 5.74) is -0.371. The summed E-state index contributed by atoms with van der Waals surface area (Å²) in [5.74, 6) is 0.163. The quantitative estimate of drug-likeness (QED) is 0.789. The first-order chi connectivity index (χ1) is 6.00. The van der Waals surface area contributed by atoms with E-state index in [1.807, 2.05) is 19.0 Å². The fraction of sp³-hybridized carbons (Fsp3) is 0.429. The molecular weight excluding hydrogens is 238 g/mol. The Labute approximate surface area is 83.5 Å². The molecule has 0 fully saturated rings. The van der Waals surface area contributed by atoms with Crippen molar-refractivity contribution in [2.45, 2.75) is 6.54 Å². The fourth-order valence-electron chi connectivity index (χ4n) is 0.867. The van der Waals surface area contributed by atoms with Gasteiger partial charge in [-0.15, -0.1) is 0 Å². The third-order valence-corrected chi connectivity index (χ3v) is 2.08. The molecule has 72 valence electrons. The van der Waals surface area contributed by atoms with Crippen LogP contribution in [0.1, 0.15) is 5.82 Å². The lowest BCUT2D eigenvalue weighted by molar-refractivity contribution is 0.380. The van der Waals surface area contributed by atoms with E-state index in [0.717, 1.165) is 0 Å². The van der Waals surface area contributed by atoms with Crippen LogP contribution in [-0.2, 0) is 6.54 Å². The molecule has 1 rings (SSSR count). The molecule has 0 atom stereocenters. The van der Waals surface area contributed by atoms with Crippen molar-refractivity contribution in [3.05, 3.63) is 20.7 Å². The Balaban J connectivity index is 3.06. The number of hydrogen-bond donors (Lipinski definition) is 2. The molecule has 0 amide bonds. The number of aromatic amines is 1. The molecule has 1 aromatic rings. The minimum atomic E-state index is -0.371. The molecule has 0 aliphatic rings. The Morgan fingerprint density at radius 1 is 1.62 bits per heavy atom. The molecule has 0 aliphatic carbocycles. The van der Waals surface area contributed by atoms with Crippen LogP contribution in [0.2, 0.25) is 0 Å². The highest BCUT2D eigenvalue weighted by Gasteiger charge is 2.07. The van der Waals surface area contributed by atoms with E-state index in [1.54, 1.807) is 0 Å². The molecule has 0 aromatic carbocycles. The molecule has 0 radical (unpaired) electrons. The van der Waals surface area contributed by atoms with Gasteiger partial charge >= 0.3 is 0 Å². The molecule has 0 bridgehead atoms. The maximum atomic E-state index is 11.1. The van der Waals surface area contributed by atoms with E-state index in [9.17, 15) is 9.90 Å². The standard InChI is InChI=1S/C7H10BrN3O2/c1-11(2)3-4-9-6(12)5(8)7(13)10-4/h3H2,1-2H3,(H2,9,10,12,13). The number of halogens is 1. The molecule has 0 saturated heterocycles. The Morgan fingerprint density at radius 3 is 2.69 bits per heavy atom. The van der Waals surface area contributed by atoms with Gasteiger partial charge in [0.25, 0.3) is 5.56 Å². The summed E-state index contributed by atoms with van der Waals surface area (Å²) >= 11 is 2.91. The molecule has 0 saturated carbocycles. The minimum Gasteiger partial charge on any atom is -0.492 e. The molecule has 0 unspecified atom stereocenters. The van der Waals surface area contributed by atoms with Gasteiger partial charge in [0.1, 0.15) is 10.3 Å². The summed E-state index contributed by atoms with van der Waals surface area (Å²) in [6.45, 7) is 0.482. The molecule has 2 N–H and O–H groups in total. The highest BCUT2D eigenvalue weighted by molar-refractivity contribution is 9.10. The Bertz CT molecular complexity index is 361. The maximum absolute atomic E-state index is 11.1. The third-order valence-electron chi connectivity index (χ3n) is 1.36. The number of nitrogens with one attached hydrogen (secondary N) is 1. The lowest BCUT2D eigenvalue weighted by atomic mass is 10.5. The van der Waals surface area contributed by atoms with Gasteiger partial charge in [0.2, 0.25) is 5.88 Å². The molecule has 5 nitrogen and oxygen atoms in total. The van der Waals surface area contributed by atoms with E-state index in [2.05, 4.69) is 25.9 Å². The van der Waals surface area contributed by atoms with Crippen molar-refractivity contribution >= 4 is 15.9 Å². The summed E-state index contributed by atoms with van der Waals surface area (Å²) < 4.78 is 0.0648. The van der Waals surface area contributed by atoms with Crippen LogP contribution in [0.4, 0.5) is 0 Å². The fourth-order valence-corrected chi connectivity index (χ4v) is 1.05. The predicted molar refractivity (Wildman–Crippen MR) is 51.6 cm³/mol. The largest absolute Gasteiger partial charge is 0.492 e. The first kappa shape index (κ1) is 10.2. The highest BCUT2D eigenvalue weighted by atomic mass is 79.9. The van der Waals surface area contributed by atoms with Gasteiger partial charge in [-0.3, -0.25) is 4.79 Å². The monoisotopic (exact) mass is 247 g/mol. The van der Waals surface area contributed by atoms with Gasteiger partial charge in [-0.05, 0) is 30.0 Å². The van der Waals surface area contributed by atoms with Crippen molar-refractivity contribution in [2.75, 3.05) is 14.1 Å². The zero-order valence-corrected chi connectivity index (χ0v) is 8.92. The normalized spacial score (nSPS) is 10.8. The summed E-state index contributed by atoms with van der Waals surface area (Å²) in [6, 6.07) is 0. The first-order valence-electron chi connectivity index (χ1n) is 3.63. The van der Waals surface area contributed by atoms with E-state index in [-0.39, 0.29) is 15.9 Å². The smallest absolute Gasteiger partial charge is 0.269 e. The highest BCUT2D eigenvalue weighted by Crippen LogP contribution is 2.14. The lowest BCUT2D eigenvalue weighted by Gasteiger charge is -2.08. The Morgan fingerprint density at radius 2 is 2.23 bits per heavy atom. The van der Waals surface area contributed by atoms with Gasteiger partial charge in [0.05, 0.1) is 6.54 Å². The zero-order chi connectivity index (χ0) is 10.0. The van der Waals surface area contributed by atoms with E-state index >= 15 is 0 Å². The number of rotatable bonds is 2. The average molecular weight is 248 g/mol. The van der Waals surface area contributed by atoms with E-state index < -0.39 is 0 Å². The minimum absolute atomic E-state index is 0.0648. The summed E-state index contributed by atoms with van der Waals surface area (Å²) in [7, 11) is 3.69. The van der Waals surface area contributed by atoms with Crippen LogP contribution in [0.15, 0.2) is 9.27 Å². The number of aromatic hydroxyl groups is 1. The van der Waals surface area contributed by atoms with Gasteiger partial charge in [-0.1, -0.05) is 0 Å². The van der Waals surface area contributed by atoms with Crippen molar-refractivity contribution in [1.29, 1.82) is 0 Å². The SMILES string of the molecule is CN(C)Cc1nc(O)c(Br)c(=O)[nH]1. The number of H-pyrrole nitrogens is 1. The second-order valence-electron chi connectivity index (χ2n) is 2.89. The summed E-state index contributed by atoms with van der Waals surface area (Å²) in [4.78, 5) is 19.3. The van der Waals surface area contributed by atoms with Crippen molar-refractivity contribution in [1.82, 2.24) is 14.9 Å². The second kappa shape index (κ2) is 3.89. The van der Waals surface area contributed by atoms with Gasteiger partial charge < -0.3 is 15.0 Å². The van der Waals surface area contributed by atoms with Crippen LogP contribution in [0.3, 0.4) is 0 Å². The van der Waals surface area contributed by atoms with Crippen LogP contribution >= 0.6 is 15.9 Å². The second-order valence-corrected chi connectivity index (χ2v) is 3.68. The summed E-state index contributed by atoms with van der Waals surface area (Å²) in [6.07, 6.45) is 0. The van der Waals surface area contributed by atoms with Crippen molar-refractivity contribution in [2.24, 2.45) is 0 Å². The first-order valence-corrected chi connectivity index (χ1v) is 4.42. The van der Waals surface area contributed by atoms with Crippen molar-refractivity contribution in [3.63, 3.8) is 0 Å². The molecule has 1 heterocycles. The number of aromatic nitrogens is 2. The van der Waals surface area contributed by atoms with Crippen LogP contribution in [0.25, 0.3) is 0 Å². The van der Waals surface area contributed by atoms with E-state index in [0.29, 0.717) is 12.4 Å². The van der Waals surface area contributed by atoms with Crippen LogP contribution < -0.4 is 5.56 Å². The lowest BCUT2D eigenvalue weighted by Crippen LogP contribution is -2.18. The van der Waals surface area contributed by atoms with Crippen LogP contribution in [0.5, 0.6) is 5.88 Å². The number of nitrogens with zero attached hydrogens (tertiary/aromatic N) is 2. The zero-order valence-electron chi connectivity index (χ0n) is 7.33. The molecule has 1 aromatic heterocycles. The van der Waals surface area contributed by atoms with Crippen molar-refractivity contribution < 1.29 is 5.11 Å². The van der Waals surface area contributed by atoms with Gasteiger partial charge in [-0.2, -0.15) is 4.98 Å². The molecular formula is C7H10BrN3O2. The van der Waals surface area contributed by atoms with Gasteiger partial charge in [-0.25, -0.2) is 0 Å². The topological polar surface area (TPSA) is 69.2 Å². The van der Waals surface area contributed by atoms with Crippen LogP contribution in [-0.4, -0.2) is 34.1 Å². The Hall–Kier alpha value is -0.880. The third kappa shape index (κ3) is 2.53. The molecule has 13 heavy (non-hydrogen) atoms. The molecule has 6 heteroatoms. The van der Waals surface area contributed by atoms with Crippen molar-refractivity contribution in [3.8, 4) is 5.88 Å². The predicted octanol–water partition coefficient (Wildman–Crippen LogP) is 0.300. The van der Waals surface area contributed by atoms with E-state index in [4.69, 9.17) is 0 Å². The summed E-state index contributed by atoms with van der Waals surface area (Å²) in [5, 5.41) is 9.20. The van der Waals surface area contributed by atoms with Gasteiger partial charge in [0.15, 0.2) is 0 Å². The van der Waals surface area contributed by atoms with E-state index in [1.165, 1.54) is 0 Å². The number of hydrogen-bond acceptors (Lipinski definition) is 4. The Kier molecular flexibility index (Phi) is 3.05. The van der Waals surface area contributed by atoms with Crippen LogP contribution in [0, 0.1) is 0 Å². The van der Waals surface area contributed by atoms with Gasteiger partial charge in [0, 0.05) is 0 Å². The maximum Gasteiger partial charge on any atom is 0.269 e.